The smallest absolute Gasteiger partial charge is 0.290 e. The number of amides is 4. The van der Waals surface area contributed by atoms with Crippen LogP contribution in [0.4, 0.5) is 40.3 Å². The Balaban J connectivity index is 0.000000135. The normalized spacial score (nSPS) is 17.3. The summed E-state index contributed by atoms with van der Waals surface area (Å²) in [5.74, 6) is -3.73. The molecule has 0 aromatic carbocycles. The molecule has 0 atom stereocenters. The van der Waals surface area contributed by atoms with E-state index in [0.717, 1.165) is 86.5 Å². The van der Waals surface area contributed by atoms with E-state index in [-0.39, 0.29) is 119 Å². The van der Waals surface area contributed by atoms with Crippen molar-refractivity contribution in [2.75, 3.05) is 47.7 Å². The fraction of sp³-hybridized carbons (Fsp3) is 0.295. The van der Waals surface area contributed by atoms with Gasteiger partial charge in [-0.2, -0.15) is 45.2 Å². The molecule has 4 fully saturated rings. The Bertz CT molecular complexity index is 6430. The lowest BCUT2D eigenvalue weighted by Gasteiger charge is -2.34. The molecule has 0 radical (unpaired) electrons. The molecule has 40 nitrogen and oxygen atoms in total. The van der Waals surface area contributed by atoms with E-state index in [4.69, 9.17) is 38.7 Å². The Morgan fingerprint density at radius 3 is 0.956 bits per heavy atom. The molecule has 136 heavy (non-hydrogen) atoms. The Morgan fingerprint density at radius 2 is 0.676 bits per heavy atom. The highest BCUT2D eigenvalue weighted by Crippen LogP contribution is 2.43. The molecule has 48 heteroatoms. The van der Waals surface area contributed by atoms with Gasteiger partial charge in [-0.25, -0.2) is 38.1 Å². The predicted molar refractivity (Wildman–Crippen MR) is 494 cm³/mol. The van der Waals surface area contributed by atoms with Crippen LogP contribution in [0.25, 0.3) is 87.8 Å². The number of carboxylic acid groups (broad SMARTS) is 2. The van der Waals surface area contributed by atoms with Crippen molar-refractivity contribution in [1.82, 2.24) is 120 Å². The van der Waals surface area contributed by atoms with Crippen LogP contribution in [-0.2, 0) is 28.5 Å². The average Bonchev–Trinajstić information content (AvgIpc) is 1.66. The number of hydrogen-bond donors (Lipinski definition) is 10. The Labute approximate surface area is 786 Å². The van der Waals surface area contributed by atoms with Crippen molar-refractivity contribution in [3.8, 4) is 87.8 Å². The number of thiazole rings is 4. The molecule has 0 spiro atoms. The molecule has 4 saturated carbocycles. The average molecular weight is 1930 g/mol. The van der Waals surface area contributed by atoms with E-state index in [9.17, 15) is 36.7 Å². The van der Waals surface area contributed by atoms with E-state index in [1.807, 2.05) is 32.4 Å². The Morgan fingerprint density at radius 1 is 0.390 bits per heavy atom. The van der Waals surface area contributed by atoms with Crippen LogP contribution in [0.5, 0.6) is 0 Å². The van der Waals surface area contributed by atoms with Gasteiger partial charge in [0.15, 0.2) is 17.5 Å². The first-order valence-corrected chi connectivity index (χ1v) is 46.3. The number of nitrogens with one attached hydrogen (secondary N) is 8. The van der Waals surface area contributed by atoms with Crippen molar-refractivity contribution < 1.29 is 75.5 Å². The van der Waals surface area contributed by atoms with Gasteiger partial charge in [-0.15, -0.1) is 45.3 Å². The third-order valence-electron chi connectivity index (χ3n) is 21.7. The number of aromatic nitrogens is 24. The lowest BCUT2D eigenvalue weighted by molar-refractivity contribution is -0.123. The van der Waals surface area contributed by atoms with Crippen LogP contribution < -0.4 is 21.3 Å². The van der Waals surface area contributed by atoms with E-state index >= 15 is 0 Å². The molecule has 0 saturated heterocycles. The van der Waals surface area contributed by atoms with Crippen LogP contribution in [0.3, 0.4) is 0 Å². The Hall–Kier alpha value is -14.8. The fourth-order valence-electron chi connectivity index (χ4n) is 15.0. The number of aromatic amines is 4. The van der Waals surface area contributed by atoms with E-state index in [1.54, 1.807) is 122 Å². The highest BCUT2D eigenvalue weighted by molar-refractivity contribution is 7.14. The molecule has 16 aromatic heterocycles. The van der Waals surface area contributed by atoms with Crippen molar-refractivity contribution in [3.63, 3.8) is 0 Å². The van der Waals surface area contributed by atoms with Crippen molar-refractivity contribution in [1.29, 1.82) is 0 Å². The summed E-state index contributed by atoms with van der Waals surface area (Å²) in [4.78, 5) is 102. The third-order valence-corrected chi connectivity index (χ3v) is 25.3. The molecule has 0 aliphatic heterocycles. The standard InChI is InChI=1S/C23H24FN7O2S.3C21H20FN7O2S.2CH2O2/c1-2-33-16-7-5-15(6-8-16)31-12-18(21(30-31)20-17(24)4-3-9-25-20)28-22(32)19-13-34-23(29-19)14-10-26-27-11-14;2*1-2-31-14-6-13(7-14)29-10-16(19(28-29)18-15(22)4-3-5-23-18)26-20(30)17-11-32-21(27-17)12-8-24-25-9-12;1-2-31-14-6-13(7-14)29-10-16(19(28-29)15-4-3-5-18(22)25-15)26-20(30)17-11-32-21(27-17)12-8-23-24-9-12;2*2-1-3/h3-4,9-13,15-16H,2,5-8H2,1H3,(H,26,27)(H,28,32);2*3-5,8-11,13-14H,2,6-7H2,1H3,(H,24,25)(H,26,30);3-5,8-11,13-14H,2,6-7H2,1H3,(H,23,24)(H,26,30);2*1H,(H,2,3). The minimum Gasteiger partial charge on any atom is -0.483 e. The number of carbonyl (C=O) groups is 6. The summed E-state index contributed by atoms with van der Waals surface area (Å²) >= 11 is 5.37. The van der Waals surface area contributed by atoms with Crippen LogP contribution >= 0.6 is 45.3 Å². The number of rotatable bonds is 28. The highest BCUT2D eigenvalue weighted by Gasteiger charge is 2.37. The molecule has 10 N–H and O–H groups in total. The molecule has 16 aromatic rings. The Kier molecular flexibility index (Phi) is 32.2. The van der Waals surface area contributed by atoms with Crippen LogP contribution in [0.1, 0.15) is 158 Å². The SMILES string of the molecule is CCOC1CC(n2cc(NC(=O)c3csc(-c4cn[nH]c4)n3)c(-c3cccc(F)n3)n2)C1.CCOC1CC(n2cc(NC(=O)c3csc(-c4cn[nH]c4)n3)c(-c3ncccc3F)n2)C1.CCOC1CC(n2cc(NC(=O)c3csc(-c4cn[nH]c4)n3)c(-c3ncccc3F)n2)C1.CCOC1CCC(n2cc(NC(=O)c3csc(-c4cn[nH]c4)n3)c(-c3ncccc3F)n2)CC1.O=CO.O=CO. The maximum Gasteiger partial charge on any atom is 0.290 e. The number of halogens is 4. The topological polar surface area (TPSA) is 517 Å². The second-order valence-electron chi connectivity index (χ2n) is 30.5. The van der Waals surface area contributed by atoms with E-state index in [0.29, 0.717) is 86.3 Å². The number of anilines is 4. The minimum atomic E-state index is -0.612. The van der Waals surface area contributed by atoms with Crippen molar-refractivity contribution in [2.45, 2.75) is 140 Å². The zero-order valence-corrected chi connectivity index (χ0v) is 76.2. The lowest BCUT2D eigenvalue weighted by atomic mass is 9.89. The van der Waals surface area contributed by atoms with Gasteiger partial charge in [-0.1, -0.05) is 6.07 Å². The van der Waals surface area contributed by atoms with Gasteiger partial charge in [-0.3, -0.25) is 82.8 Å². The van der Waals surface area contributed by atoms with E-state index < -0.39 is 41.1 Å². The van der Waals surface area contributed by atoms with E-state index in [2.05, 4.69) is 122 Å². The second-order valence-corrected chi connectivity index (χ2v) is 33.9. The molecule has 4 aliphatic rings. The number of nitrogens with zero attached hydrogens (tertiary/aromatic N) is 20. The zero-order chi connectivity index (χ0) is 95.1. The van der Waals surface area contributed by atoms with Crippen LogP contribution in [0.15, 0.2) is 169 Å². The van der Waals surface area contributed by atoms with Gasteiger partial charge in [0.25, 0.3) is 36.6 Å². The fourth-order valence-corrected chi connectivity index (χ4v) is 18.1. The summed E-state index contributed by atoms with van der Waals surface area (Å²) in [5.41, 5.74) is 7.72. The van der Waals surface area contributed by atoms with Gasteiger partial charge in [0.2, 0.25) is 5.95 Å². The molecule has 0 unspecified atom stereocenters. The number of hydrogen-bond acceptors (Lipinski definition) is 30. The third kappa shape index (κ3) is 23.5. The van der Waals surface area contributed by atoms with Crippen LogP contribution in [0, 0.1) is 23.4 Å². The first kappa shape index (κ1) is 95.8. The summed E-state index contributed by atoms with van der Waals surface area (Å²) in [7, 11) is 0. The maximum absolute atomic E-state index is 14.6. The number of H-pyrrole nitrogens is 4. The lowest BCUT2D eigenvalue weighted by Crippen LogP contribution is -2.33. The van der Waals surface area contributed by atoms with Gasteiger partial charge >= 0.3 is 0 Å². The largest absolute Gasteiger partial charge is 0.483 e. The molecule has 20 rings (SSSR count). The van der Waals surface area contributed by atoms with Gasteiger partial charge < -0.3 is 50.4 Å². The molecular formula is C88H88F4N28O12S4. The quantitative estimate of drug-likeness (QED) is 0.0124. The van der Waals surface area contributed by atoms with Gasteiger partial charge in [0.05, 0.1) is 102 Å². The van der Waals surface area contributed by atoms with Gasteiger partial charge in [-0.05, 0) is 140 Å². The van der Waals surface area contributed by atoms with Crippen LogP contribution in [0.2, 0.25) is 0 Å². The summed E-state index contributed by atoms with van der Waals surface area (Å²) in [6.45, 7) is 10.1. The molecule has 4 amide bonds. The number of carbonyl (C=O) groups excluding carboxylic acids is 4. The monoisotopic (exact) mass is 1930 g/mol. The predicted octanol–water partition coefficient (Wildman–Crippen LogP) is 15.9. The number of pyridine rings is 4. The molecule has 0 bridgehead atoms. The van der Waals surface area contributed by atoms with Crippen molar-refractivity contribution in [2.24, 2.45) is 0 Å². The summed E-state index contributed by atoms with van der Waals surface area (Å²) in [5, 5.41) is 79.5. The van der Waals surface area contributed by atoms with Gasteiger partial charge in [0.1, 0.15) is 82.7 Å². The zero-order valence-electron chi connectivity index (χ0n) is 72.9. The van der Waals surface area contributed by atoms with Crippen molar-refractivity contribution >= 4 is 105 Å². The minimum absolute atomic E-state index is 0.0830. The number of ether oxygens (including phenoxy) is 4. The second kappa shape index (κ2) is 45.7. The molecule has 4 aliphatic carbocycles. The van der Waals surface area contributed by atoms with E-state index in [1.165, 1.54) is 106 Å². The molecule has 16 heterocycles. The first-order chi connectivity index (χ1) is 66.3. The highest BCUT2D eigenvalue weighted by atomic mass is 32.1. The molecular weight excluding hydrogens is 1850 g/mol. The first-order valence-electron chi connectivity index (χ1n) is 42.8. The maximum atomic E-state index is 14.6. The summed E-state index contributed by atoms with van der Waals surface area (Å²) in [6, 6.07) is 13.5. The summed E-state index contributed by atoms with van der Waals surface area (Å²) < 4.78 is 87.1. The molecule has 704 valence electrons. The van der Waals surface area contributed by atoms with Gasteiger partial charge in [0, 0.05) is 138 Å². The summed E-state index contributed by atoms with van der Waals surface area (Å²) in [6.07, 6.45) is 34.3. The van der Waals surface area contributed by atoms with Crippen molar-refractivity contribution in [3.05, 3.63) is 215 Å². The van der Waals surface area contributed by atoms with Crippen LogP contribution in [-0.4, -0.2) is 217 Å².